The van der Waals surface area contributed by atoms with Crippen LogP contribution in [-0.4, -0.2) is 47.7 Å². The number of likely N-dealkylation sites (tertiary alicyclic amines) is 1. The lowest BCUT2D eigenvalue weighted by molar-refractivity contribution is -0.138. The fourth-order valence-corrected chi connectivity index (χ4v) is 3.65. The number of piperidine rings is 1. The number of carboxylic acid groups (broad SMARTS) is 1. The van der Waals surface area contributed by atoms with Crippen molar-refractivity contribution >= 4 is 5.97 Å². The van der Waals surface area contributed by atoms with Gasteiger partial charge in [-0.15, -0.1) is 0 Å². The van der Waals surface area contributed by atoms with Gasteiger partial charge in [0.15, 0.2) is 0 Å². The number of carboxylic acids is 1. The van der Waals surface area contributed by atoms with Crippen LogP contribution in [0.4, 0.5) is 0 Å². The molecule has 2 aliphatic rings. The van der Waals surface area contributed by atoms with Crippen LogP contribution in [0, 0.1) is 17.8 Å². The quantitative estimate of drug-likeness (QED) is 0.784. The number of hydrogen-bond acceptors (Lipinski definition) is 3. The highest BCUT2D eigenvalue weighted by Gasteiger charge is 2.37. The van der Waals surface area contributed by atoms with Gasteiger partial charge in [-0.3, -0.25) is 9.69 Å². The Morgan fingerprint density at radius 3 is 2.60 bits per heavy atom. The summed E-state index contributed by atoms with van der Waals surface area (Å²) in [4.78, 5) is 13.6. The molecule has 2 fully saturated rings. The molecule has 1 saturated heterocycles. The maximum Gasteiger partial charge on any atom is 0.303 e. The summed E-state index contributed by atoms with van der Waals surface area (Å²) >= 11 is 0. The van der Waals surface area contributed by atoms with Crippen molar-refractivity contribution in [1.82, 2.24) is 10.2 Å². The first-order valence-corrected chi connectivity index (χ1v) is 8.15. The highest BCUT2D eigenvalue weighted by atomic mass is 16.4. The smallest absolute Gasteiger partial charge is 0.303 e. The van der Waals surface area contributed by atoms with Gasteiger partial charge in [0.2, 0.25) is 0 Å². The summed E-state index contributed by atoms with van der Waals surface area (Å²) in [6.07, 6.45) is 3.95. The second kappa shape index (κ2) is 6.90. The van der Waals surface area contributed by atoms with Crippen molar-refractivity contribution in [2.45, 2.75) is 58.5 Å². The Morgan fingerprint density at radius 1 is 1.35 bits per heavy atom. The standard InChI is InChI=1S/C16H30N2O2/c1-11(2)8-17-14-6-13(7-16(19)20)9-18(10-14)15-5-4-12(15)3/h11-15,17H,4-10H2,1-3H3,(H,19,20). The molecule has 2 N–H and O–H groups in total. The molecule has 4 heteroatoms. The SMILES string of the molecule is CC(C)CNC1CC(CC(=O)O)CN(C2CCC2C)C1. The monoisotopic (exact) mass is 282 g/mol. The number of carbonyl (C=O) groups is 1. The van der Waals surface area contributed by atoms with Gasteiger partial charge in [-0.1, -0.05) is 20.8 Å². The lowest BCUT2D eigenvalue weighted by atomic mass is 9.78. The second-order valence-corrected chi connectivity index (χ2v) is 7.27. The minimum absolute atomic E-state index is 0.304. The molecule has 4 atom stereocenters. The third-order valence-corrected chi connectivity index (χ3v) is 4.89. The van der Waals surface area contributed by atoms with Gasteiger partial charge in [-0.05, 0) is 43.6 Å². The van der Waals surface area contributed by atoms with E-state index in [0.29, 0.717) is 30.3 Å². The number of nitrogens with zero attached hydrogens (tertiary/aromatic N) is 1. The van der Waals surface area contributed by atoms with E-state index in [4.69, 9.17) is 5.11 Å². The Kier molecular flexibility index (Phi) is 5.44. The van der Waals surface area contributed by atoms with E-state index >= 15 is 0 Å². The first-order chi connectivity index (χ1) is 9.45. The van der Waals surface area contributed by atoms with Gasteiger partial charge in [0.25, 0.3) is 0 Å². The molecule has 1 heterocycles. The first kappa shape index (κ1) is 15.8. The molecule has 4 nitrogen and oxygen atoms in total. The Hall–Kier alpha value is -0.610. The number of nitrogens with one attached hydrogen (secondary N) is 1. The van der Waals surface area contributed by atoms with Gasteiger partial charge in [0.05, 0.1) is 0 Å². The van der Waals surface area contributed by atoms with E-state index in [1.807, 2.05) is 0 Å². The molecular weight excluding hydrogens is 252 g/mol. The van der Waals surface area contributed by atoms with Crippen LogP contribution in [0.5, 0.6) is 0 Å². The largest absolute Gasteiger partial charge is 0.481 e. The Bertz CT molecular complexity index is 332. The van der Waals surface area contributed by atoms with Crippen molar-refractivity contribution in [3.63, 3.8) is 0 Å². The summed E-state index contributed by atoms with van der Waals surface area (Å²) in [7, 11) is 0. The van der Waals surface area contributed by atoms with Gasteiger partial charge in [-0.25, -0.2) is 0 Å². The molecule has 0 aromatic carbocycles. The number of rotatable bonds is 6. The molecule has 1 aliphatic heterocycles. The Balaban J connectivity index is 1.92. The van der Waals surface area contributed by atoms with Crippen LogP contribution in [0.2, 0.25) is 0 Å². The fraction of sp³-hybridized carbons (Fsp3) is 0.938. The molecule has 0 radical (unpaired) electrons. The van der Waals surface area contributed by atoms with Crippen molar-refractivity contribution in [1.29, 1.82) is 0 Å². The fourth-order valence-electron chi connectivity index (χ4n) is 3.65. The molecule has 0 aromatic rings. The lowest BCUT2D eigenvalue weighted by Gasteiger charge is -2.48. The molecule has 1 saturated carbocycles. The van der Waals surface area contributed by atoms with Crippen LogP contribution in [-0.2, 0) is 4.79 Å². The summed E-state index contributed by atoms with van der Waals surface area (Å²) in [5, 5.41) is 12.7. The van der Waals surface area contributed by atoms with Crippen LogP contribution in [0.3, 0.4) is 0 Å². The number of aliphatic carboxylic acids is 1. The predicted molar refractivity (Wildman–Crippen MR) is 80.7 cm³/mol. The Morgan fingerprint density at radius 2 is 2.10 bits per heavy atom. The van der Waals surface area contributed by atoms with E-state index in [1.165, 1.54) is 12.8 Å². The van der Waals surface area contributed by atoms with E-state index in [9.17, 15) is 4.79 Å². The van der Waals surface area contributed by atoms with Gasteiger partial charge in [0.1, 0.15) is 0 Å². The minimum atomic E-state index is -0.652. The molecule has 20 heavy (non-hydrogen) atoms. The molecule has 1 aliphatic carbocycles. The van der Waals surface area contributed by atoms with Crippen molar-refractivity contribution in [2.75, 3.05) is 19.6 Å². The van der Waals surface area contributed by atoms with Crippen LogP contribution < -0.4 is 5.32 Å². The maximum absolute atomic E-state index is 11.0. The van der Waals surface area contributed by atoms with Gasteiger partial charge in [-0.2, -0.15) is 0 Å². The zero-order valence-electron chi connectivity index (χ0n) is 13.1. The summed E-state index contributed by atoms with van der Waals surface area (Å²) < 4.78 is 0. The van der Waals surface area contributed by atoms with Crippen molar-refractivity contribution in [3.8, 4) is 0 Å². The van der Waals surface area contributed by atoms with Crippen LogP contribution >= 0.6 is 0 Å². The normalized spacial score (nSPS) is 35.0. The van der Waals surface area contributed by atoms with Crippen molar-refractivity contribution in [2.24, 2.45) is 17.8 Å². The summed E-state index contributed by atoms with van der Waals surface area (Å²) in [5.41, 5.74) is 0. The first-order valence-electron chi connectivity index (χ1n) is 8.15. The van der Waals surface area contributed by atoms with E-state index in [2.05, 4.69) is 31.0 Å². The zero-order valence-corrected chi connectivity index (χ0v) is 13.1. The third kappa shape index (κ3) is 4.19. The van der Waals surface area contributed by atoms with Crippen LogP contribution in [0.15, 0.2) is 0 Å². The van der Waals surface area contributed by atoms with Crippen molar-refractivity contribution < 1.29 is 9.90 Å². The molecule has 0 bridgehead atoms. The van der Waals surface area contributed by atoms with E-state index in [1.54, 1.807) is 0 Å². The van der Waals surface area contributed by atoms with Crippen LogP contribution in [0.25, 0.3) is 0 Å². The zero-order chi connectivity index (χ0) is 14.7. The van der Waals surface area contributed by atoms with Gasteiger partial charge in [0, 0.05) is 31.6 Å². The molecule has 0 aromatic heterocycles. The molecule has 0 spiro atoms. The summed E-state index contributed by atoms with van der Waals surface area (Å²) in [5.74, 6) is 1.08. The van der Waals surface area contributed by atoms with E-state index in [0.717, 1.165) is 32.0 Å². The number of hydrogen-bond donors (Lipinski definition) is 2. The highest BCUT2D eigenvalue weighted by molar-refractivity contribution is 5.67. The van der Waals surface area contributed by atoms with Gasteiger partial charge >= 0.3 is 5.97 Å². The molecular formula is C16H30N2O2. The molecule has 4 unspecified atom stereocenters. The third-order valence-electron chi connectivity index (χ3n) is 4.89. The molecule has 2 rings (SSSR count). The van der Waals surface area contributed by atoms with Crippen LogP contribution in [0.1, 0.15) is 46.5 Å². The minimum Gasteiger partial charge on any atom is -0.481 e. The average molecular weight is 282 g/mol. The van der Waals surface area contributed by atoms with Gasteiger partial charge < -0.3 is 10.4 Å². The Labute approximate surface area is 122 Å². The van der Waals surface area contributed by atoms with Crippen molar-refractivity contribution in [3.05, 3.63) is 0 Å². The van der Waals surface area contributed by atoms with E-state index < -0.39 is 5.97 Å². The molecule has 116 valence electrons. The lowest BCUT2D eigenvalue weighted by Crippen LogP contribution is -2.57. The summed E-state index contributed by atoms with van der Waals surface area (Å²) in [6, 6.07) is 1.15. The second-order valence-electron chi connectivity index (χ2n) is 7.27. The summed E-state index contributed by atoms with van der Waals surface area (Å²) in [6.45, 7) is 9.86. The average Bonchev–Trinajstić information content (AvgIpc) is 2.33. The van der Waals surface area contributed by atoms with E-state index in [-0.39, 0.29) is 0 Å². The maximum atomic E-state index is 11.0. The predicted octanol–water partition coefficient (Wildman–Crippen LogP) is 2.20. The highest BCUT2D eigenvalue weighted by Crippen LogP contribution is 2.34. The topological polar surface area (TPSA) is 52.6 Å². The molecule has 0 amide bonds.